The van der Waals surface area contributed by atoms with Crippen LogP contribution in [0.4, 0.5) is 0 Å². The second kappa shape index (κ2) is 24.4. The number of ether oxygens (including phenoxy) is 2. The van der Waals surface area contributed by atoms with Crippen molar-refractivity contribution < 1.29 is 44.0 Å². The van der Waals surface area contributed by atoms with E-state index >= 15 is 0 Å². The molecule has 4 aromatic heterocycles. The molecule has 0 radical (unpaired) electrons. The number of fused-ring (bicyclic) bond motifs is 14. The Hall–Kier alpha value is -10.8. The minimum Gasteiger partial charge on any atom is -0.456 e. The number of benzene rings is 12. The molecule has 0 amide bonds. The van der Waals surface area contributed by atoms with Gasteiger partial charge in [-0.1, -0.05) is 226 Å². The van der Waals surface area contributed by atoms with Crippen LogP contribution in [0.5, 0.6) is 23.0 Å². The van der Waals surface area contributed by atoms with Crippen molar-refractivity contribution in [3.63, 3.8) is 0 Å². The van der Waals surface area contributed by atoms with Crippen molar-refractivity contribution in [2.75, 3.05) is 0 Å². The number of nitrogens with zero attached hydrogens (tertiary/aromatic N) is 4. The van der Waals surface area contributed by atoms with Gasteiger partial charge in [-0.25, -0.2) is 4.98 Å². The van der Waals surface area contributed by atoms with Gasteiger partial charge in [-0.2, -0.15) is 4.98 Å². The molecule has 0 bridgehead atoms. The Morgan fingerprint density at radius 3 is 1.25 bits per heavy atom. The van der Waals surface area contributed by atoms with Gasteiger partial charge in [-0.15, -0.1) is 0 Å². The molecule has 0 spiro atoms. The molecule has 0 saturated heterocycles. The Morgan fingerprint density at radius 1 is 0.375 bits per heavy atom. The molecule has 6 heterocycles. The lowest BCUT2D eigenvalue weighted by molar-refractivity contribution is 0.306. The van der Waals surface area contributed by atoms with E-state index < -0.39 is 75.5 Å². The first-order chi connectivity index (χ1) is 58.6. The molecule has 0 unspecified atom stereocenters. The molecule has 0 fully saturated rings. The van der Waals surface area contributed by atoms with Crippen molar-refractivity contribution in [2.24, 2.45) is 0 Å². The van der Waals surface area contributed by atoms with Crippen LogP contribution < -0.4 is 9.47 Å². The summed E-state index contributed by atoms with van der Waals surface area (Å²) in [5.41, 5.74) is 9.07. The van der Waals surface area contributed by atoms with Crippen LogP contribution in [0.2, 0.25) is 0 Å². The average Bonchev–Trinajstić information content (AvgIpc) is 1.42. The van der Waals surface area contributed by atoms with E-state index in [-0.39, 0.29) is 78.2 Å². The van der Waals surface area contributed by atoms with Crippen LogP contribution in [-0.4, -0.2) is 18.8 Å². The van der Waals surface area contributed by atoms with Gasteiger partial charge in [0.25, 0.3) is 0 Å². The lowest BCUT2D eigenvalue weighted by Crippen LogP contribution is -2.39. The molecule has 0 saturated carbocycles. The van der Waals surface area contributed by atoms with E-state index in [1.165, 1.54) is 49.4 Å². The third kappa shape index (κ3) is 10.1. The number of hydrogen-bond acceptors (Lipinski definition) is 6. The van der Waals surface area contributed by atoms with Crippen LogP contribution in [0.1, 0.15) is 166 Å². The average molecular weight is 1400 g/mol. The van der Waals surface area contributed by atoms with Gasteiger partial charge in [-0.3, -0.25) is 8.80 Å². The van der Waals surface area contributed by atoms with Crippen LogP contribution in [0.15, 0.2) is 223 Å². The fourth-order valence-corrected chi connectivity index (χ4v) is 17.0. The summed E-state index contributed by atoms with van der Waals surface area (Å²) in [5.74, 6) is 2.02. The summed E-state index contributed by atoms with van der Waals surface area (Å²) in [4.78, 5) is 10.2. The summed E-state index contributed by atoms with van der Waals surface area (Å²) in [6.07, 6.45) is -3.76. The van der Waals surface area contributed by atoms with Crippen molar-refractivity contribution in [3.8, 4) is 89.8 Å². The Balaban J connectivity index is 0.000000178. The van der Waals surface area contributed by atoms with Gasteiger partial charge in [-0.05, 0) is 216 Å². The molecular formula is C96H88N4O3S. The zero-order valence-electron chi connectivity index (χ0n) is 81.2. The number of para-hydroxylation sites is 6. The van der Waals surface area contributed by atoms with Crippen molar-refractivity contribution >= 4 is 65.5 Å². The van der Waals surface area contributed by atoms with Gasteiger partial charge < -0.3 is 13.9 Å². The van der Waals surface area contributed by atoms with E-state index in [1.807, 2.05) is 112 Å². The Morgan fingerprint density at radius 2 is 0.769 bits per heavy atom. The molecule has 2 aliphatic heterocycles. The molecule has 16 aromatic rings. The highest BCUT2D eigenvalue weighted by molar-refractivity contribution is 7.24. The first-order valence-corrected chi connectivity index (χ1v) is 35.6. The molecule has 8 heteroatoms. The summed E-state index contributed by atoms with van der Waals surface area (Å²) in [5, 5.41) is 0. The summed E-state index contributed by atoms with van der Waals surface area (Å²) in [6.45, 7) is 3.50. The molecular weight excluding hydrogens is 1290 g/mol. The number of oxazole rings is 1. The highest BCUT2D eigenvalue weighted by atomic mass is 32.1. The molecule has 516 valence electrons. The highest BCUT2D eigenvalue weighted by Crippen LogP contribution is 2.58. The van der Waals surface area contributed by atoms with E-state index in [0.717, 1.165) is 49.0 Å². The largest absolute Gasteiger partial charge is 0.456 e. The van der Waals surface area contributed by atoms with Crippen molar-refractivity contribution in [1.82, 2.24) is 18.8 Å². The molecule has 0 aliphatic carbocycles. The van der Waals surface area contributed by atoms with Gasteiger partial charge in [0.05, 0.1) is 37.8 Å². The van der Waals surface area contributed by atoms with Crippen molar-refractivity contribution in [3.05, 3.63) is 285 Å². The van der Waals surface area contributed by atoms with E-state index in [1.54, 1.807) is 91.0 Å². The minimum atomic E-state index is -2.75. The summed E-state index contributed by atoms with van der Waals surface area (Å²) in [6, 6.07) is 62.7. The fraction of sp³-hybridized carbons (Fsp3) is 0.229. The fourth-order valence-electron chi connectivity index (χ4n) is 15.8. The second-order valence-corrected chi connectivity index (χ2v) is 30.3. The van der Waals surface area contributed by atoms with Gasteiger partial charge in [0.2, 0.25) is 0 Å². The van der Waals surface area contributed by atoms with Crippen LogP contribution >= 0.6 is 11.3 Å². The number of imidazole rings is 2. The highest BCUT2D eigenvalue weighted by Gasteiger charge is 2.47. The monoisotopic (exact) mass is 1400 g/mol. The molecule has 0 atom stereocenters. The standard InChI is InChI=1S/C48H44N2O2.C48H44N2OS/c2*1-9-31-23-25-40-45(52-46-49-38-15-11-12-16-39(38)50(40)46)43(31)33-22-19-29(3)35(27-33)34-26-32(21-18-28(34)2)42-30(4)20-24-37-44(42)51-41-17-13-10-14-36(41)47(5,6)48(37,7)8/h2*10-27H,9H2,1-8H3/i2*2D3,3D3,4D3,9D2. The predicted molar refractivity (Wildman–Crippen MR) is 435 cm³/mol. The lowest BCUT2D eigenvalue weighted by Gasteiger charge is -2.41. The lowest BCUT2D eigenvalue weighted by atomic mass is 9.61. The predicted octanol–water partition coefficient (Wildman–Crippen LogP) is 26.6. The van der Waals surface area contributed by atoms with Crippen LogP contribution in [0.3, 0.4) is 0 Å². The maximum Gasteiger partial charge on any atom is 0.307 e. The smallest absolute Gasteiger partial charge is 0.307 e. The Bertz CT molecular complexity index is 6750. The molecule has 2 aliphatic rings. The van der Waals surface area contributed by atoms with Gasteiger partial charge >= 0.3 is 5.84 Å². The topological polar surface area (TPSA) is 66.2 Å². The van der Waals surface area contributed by atoms with Gasteiger partial charge in [0.1, 0.15) is 23.0 Å². The number of thiazole rings is 1. The molecule has 7 nitrogen and oxygen atoms in total. The van der Waals surface area contributed by atoms with Crippen molar-refractivity contribution in [1.29, 1.82) is 0 Å². The Kier molecular flexibility index (Phi) is 10.8. The maximum absolute atomic E-state index is 8.95. The third-order valence-corrected chi connectivity index (χ3v) is 24.0. The second-order valence-electron chi connectivity index (χ2n) is 29.3. The number of aryl methyl sites for hydroxylation is 8. The zero-order chi connectivity index (χ0) is 90.8. The molecule has 18 rings (SSSR count). The first-order valence-electron chi connectivity index (χ1n) is 45.8. The number of rotatable bonds is 8. The number of aromatic nitrogens is 4. The molecule has 104 heavy (non-hydrogen) atoms. The first kappa shape index (κ1) is 46.0. The van der Waals surface area contributed by atoms with Crippen molar-refractivity contribution in [2.45, 2.75) is 145 Å². The van der Waals surface area contributed by atoms with Crippen LogP contribution in [-0.2, 0) is 34.4 Å². The van der Waals surface area contributed by atoms with Crippen LogP contribution in [0.25, 0.3) is 121 Å². The molecule has 12 aromatic carbocycles. The number of hydrogen-bond donors (Lipinski definition) is 0. The van der Waals surface area contributed by atoms with E-state index in [9.17, 15) is 0 Å². The maximum atomic E-state index is 8.95. The Labute approximate surface area is 645 Å². The summed E-state index contributed by atoms with van der Waals surface area (Å²) < 4.78 is 217. The van der Waals surface area contributed by atoms with E-state index in [2.05, 4.69) is 60.4 Å². The van der Waals surface area contributed by atoms with Gasteiger partial charge in [0, 0.05) is 96.3 Å². The summed E-state index contributed by atoms with van der Waals surface area (Å²) >= 11 is 1.39. The summed E-state index contributed by atoms with van der Waals surface area (Å²) in [7, 11) is 0. The quantitative estimate of drug-likeness (QED) is 0.152. The van der Waals surface area contributed by atoms with E-state index in [0.29, 0.717) is 83.5 Å². The zero-order valence-corrected chi connectivity index (χ0v) is 60.0. The SMILES string of the molecule is [2H]C([2H])([2H])c1ccc(-c2c(C([2H])([2H])[2H])ccc3c2Oc2ccccc2C(C)(C)C3(C)C)cc1-c1cc(-c2c(C([2H])([2H])C)ccc3c2oc2nc4ccccc4n23)ccc1C([2H])([2H])[2H].[2H]C([2H])([2H])c1ccc(-c2c(C([2H])([2H])[2H])ccc3c2Oc2ccccc2C(C)(C)C3(C)C)cc1-c1cc(-c2c(C([2H])([2H])C)ccc3c2sc2nc4ccccc4n23)ccc1C([2H])([2H])[2H]. The van der Waals surface area contributed by atoms with Gasteiger partial charge in [0.15, 0.2) is 10.5 Å². The van der Waals surface area contributed by atoms with E-state index in [4.69, 9.17) is 49.0 Å². The third-order valence-electron chi connectivity index (χ3n) is 22.9. The normalized spacial score (nSPS) is 18.8. The molecule has 0 N–H and O–H groups in total. The minimum absolute atomic E-state index is 0.0108. The van der Waals surface area contributed by atoms with Crippen LogP contribution in [0, 0.1) is 41.1 Å².